The maximum atomic E-state index is 11.0. The molecule has 1 heterocycles. The molecule has 4 atom stereocenters. The number of carbonyl (C=O) groups excluding carboxylic acids is 1. The van der Waals surface area contributed by atoms with Crippen molar-refractivity contribution in [1.82, 2.24) is 0 Å². The molecule has 3 nitrogen and oxygen atoms in total. The number of methoxy groups -OCH3 is 1. The first-order valence-corrected chi connectivity index (χ1v) is 10.3. The maximum Gasteiger partial charge on any atom is 0.305 e. The molecule has 0 radical (unpaired) electrons. The number of hydrogen-bond donors (Lipinski definition) is 0. The normalized spacial score (nSPS) is 26.7. The molecule has 0 unspecified atom stereocenters. The minimum absolute atomic E-state index is 0.0751. The molecule has 1 fully saturated rings. The van der Waals surface area contributed by atoms with Gasteiger partial charge in [-0.1, -0.05) is 72.1 Å². The standard InChI is InChI=1S/C21H40O3/c1-5-14-19-17(2)18(3)20(24-19)15-12-10-8-6-7-9-11-13-16-21(22)23-4/h17-20H,5-16H2,1-4H3/t17-,18-,19+,20+/m0/s1. The second-order valence-electron chi connectivity index (χ2n) is 7.66. The molecular weight excluding hydrogens is 300 g/mol. The van der Waals surface area contributed by atoms with Crippen molar-refractivity contribution in [1.29, 1.82) is 0 Å². The van der Waals surface area contributed by atoms with E-state index in [9.17, 15) is 4.79 Å². The van der Waals surface area contributed by atoms with Gasteiger partial charge >= 0.3 is 5.97 Å². The van der Waals surface area contributed by atoms with Gasteiger partial charge in [0.2, 0.25) is 0 Å². The van der Waals surface area contributed by atoms with Crippen LogP contribution in [0.5, 0.6) is 0 Å². The topological polar surface area (TPSA) is 35.5 Å². The van der Waals surface area contributed by atoms with Crippen molar-refractivity contribution in [3.8, 4) is 0 Å². The summed E-state index contributed by atoms with van der Waals surface area (Å²) in [5.74, 6) is 1.37. The highest BCUT2D eigenvalue weighted by Gasteiger charge is 2.37. The highest BCUT2D eigenvalue weighted by atomic mass is 16.5. The van der Waals surface area contributed by atoms with E-state index in [1.807, 2.05) is 0 Å². The minimum Gasteiger partial charge on any atom is -0.469 e. The van der Waals surface area contributed by atoms with Gasteiger partial charge in [-0.05, 0) is 31.1 Å². The summed E-state index contributed by atoms with van der Waals surface area (Å²) in [7, 11) is 1.46. The van der Waals surface area contributed by atoms with Crippen molar-refractivity contribution in [2.75, 3.05) is 7.11 Å². The van der Waals surface area contributed by atoms with E-state index in [1.165, 1.54) is 64.9 Å². The van der Waals surface area contributed by atoms with Crippen LogP contribution in [0.2, 0.25) is 0 Å². The Morgan fingerprint density at radius 3 is 1.88 bits per heavy atom. The maximum absolute atomic E-state index is 11.0. The van der Waals surface area contributed by atoms with Crippen LogP contribution in [0.4, 0.5) is 0 Å². The third-order valence-electron chi connectivity index (χ3n) is 5.77. The SMILES string of the molecule is CCC[C@H]1O[C@H](CCCCCCCCCCC(=O)OC)[C@@H](C)[C@@H]1C. The smallest absolute Gasteiger partial charge is 0.305 e. The quantitative estimate of drug-likeness (QED) is 0.309. The fourth-order valence-corrected chi connectivity index (χ4v) is 3.87. The molecule has 0 aromatic carbocycles. The summed E-state index contributed by atoms with van der Waals surface area (Å²) in [5, 5.41) is 0. The number of rotatable bonds is 13. The van der Waals surface area contributed by atoms with Crippen molar-refractivity contribution in [2.24, 2.45) is 11.8 Å². The summed E-state index contributed by atoms with van der Waals surface area (Å²) >= 11 is 0. The molecule has 0 aromatic rings. The molecule has 1 saturated heterocycles. The molecule has 0 aliphatic carbocycles. The summed E-state index contributed by atoms with van der Waals surface area (Å²) in [6, 6.07) is 0. The Bertz CT molecular complexity index is 329. The van der Waals surface area contributed by atoms with Crippen molar-refractivity contribution in [3.05, 3.63) is 0 Å². The molecule has 0 bridgehead atoms. The first-order chi connectivity index (χ1) is 11.6. The van der Waals surface area contributed by atoms with Crippen molar-refractivity contribution >= 4 is 5.97 Å². The Labute approximate surface area is 149 Å². The van der Waals surface area contributed by atoms with E-state index in [0.717, 1.165) is 24.7 Å². The molecule has 0 spiro atoms. The number of unbranched alkanes of at least 4 members (excludes halogenated alkanes) is 7. The first-order valence-electron chi connectivity index (χ1n) is 10.3. The average Bonchev–Trinajstić information content (AvgIpc) is 2.84. The van der Waals surface area contributed by atoms with Crippen LogP contribution >= 0.6 is 0 Å². The third kappa shape index (κ3) is 8.00. The summed E-state index contributed by atoms with van der Waals surface area (Å²) in [5.41, 5.74) is 0. The number of esters is 1. The van der Waals surface area contributed by atoms with Crippen LogP contribution in [-0.2, 0) is 14.3 Å². The Morgan fingerprint density at radius 1 is 0.833 bits per heavy atom. The molecule has 0 saturated carbocycles. The summed E-state index contributed by atoms with van der Waals surface area (Å²) < 4.78 is 10.9. The highest BCUT2D eigenvalue weighted by Crippen LogP contribution is 2.36. The highest BCUT2D eigenvalue weighted by molar-refractivity contribution is 5.68. The van der Waals surface area contributed by atoms with Crippen LogP contribution in [0.15, 0.2) is 0 Å². The van der Waals surface area contributed by atoms with Gasteiger partial charge in [0.25, 0.3) is 0 Å². The summed E-state index contributed by atoms with van der Waals surface area (Å²) in [4.78, 5) is 11.0. The summed E-state index contributed by atoms with van der Waals surface area (Å²) in [6.07, 6.45) is 15.2. The number of ether oxygens (including phenoxy) is 2. The van der Waals surface area contributed by atoms with Gasteiger partial charge in [0.15, 0.2) is 0 Å². The second kappa shape index (κ2) is 12.7. The Kier molecular flexibility index (Phi) is 11.4. The lowest BCUT2D eigenvalue weighted by molar-refractivity contribution is -0.140. The van der Waals surface area contributed by atoms with Crippen molar-refractivity contribution in [3.63, 3.8) is 0 Å². The molecule has 142 valence electrons. The van der Waals surface area contributed by atoms with E-state index in [1.54, 1.807) is 0 Å². The van der Waals surface area contributed by atoms with E-state index in [2.05, 4.69) is 25.5 Å². The zero-order chi connectivity index (χ0) is 17.8. The Balaban J connectivity index is 1.94. The Morgan fingerprint density at radius 2 is 1.33 bits per heavy atom. The predicted octanol–water partition coefficient (Wildman–Crippen LogP) is 5.90. The third-order valence-corrected chi connectivity index (χ3v) is 5.77. The first kappa shape index (κ1) is 21.5. The molecule has 1 aliphatic rings. The van der Waals surface area contributed by atoms with Crippen LogP contribution in [0.3, 0.4) is 0 Å². The summed E-state index contributed by atoms with van der Waals surface area (Å²) in [6.45, 7) is 6.99. The van der Waals surface area contributed by atoms with Crippen LogP contribution in [0.1, 0.15) is 97.8 Å². The van der Waals surface area contributed by atoms with Crippen LogP contribution < -0.4 is 0 Å². The van der Waals surface area contributed by atoms with E-state index < -0.39 is 0 Å². The molecule has 1 rings (SSSR count). The van der Waals surface area contributed by atoms with Gasteiger partial charge in [0.1, 0.15) is 0 Å². The van der Waals surface area contributed by atoms with E-state index in [4.69, 9.17) is 4.74 Å². The molecular formula is C21H40O3. The molecule has 1 aliphatic heterocycles. The minimum atomic E-state index is -0.0751. The second-order valence-corrected chi connectivity index (χ2v) is 7.66. The average molecular weight is 341 g/mol. The zero-order valence-corrected chi connectivity index (χ0v) is 16.5. The monoisotopic (exact) mass is 340 g/mol. The van der Waals surface area contributed by atoms with Gasteiger partial charge in [-0.25, -0.2) is 0 Å². The molecule has 24 heavy (non-hydrogen) atoms. The Hall–Kier alpha value is -0.570. The number of carbonyl (C=O) groups is 1. The van der Waals surface area contributed by atoms with Gasteiger partial charge in [-0.15, -0.1) is 0 Å². The van der Waals surface area contributed by atoms with Crippen molar-refractivity contribution < 1.29 is 14.3 Å². The molecule has 3 heteroatoms. The van der Waals surface area contributed by atoms with Crippen molar-refractivity contribution in [2.45, 2.75) is 110 Å². The van der Waals surface area contributed by atoms with Crippen LogP contribution in [-0.4, -0.2) is 25.3 Å². The lowest BCUT2D eigenvalue weighted by atomic mass is 9.87. The van der Waals surface area contributed by atoms with Gasteiger partial charge in [0.05, 0.1) is 19.3 Å². The van der Waals surface area contributed by atoms with Gasteiger partial charge < -0.3 is 9.47 Å². The van der Waals surface area contributed by atoms with Gasteiger partial charge in [-0.3, -0.25) is 4.79 Å². The zero-order valence-electron chi connectivity index (χ0n) is 16.5. The van der Waals surface area contributed by atoms with Crippen LogP contribution in [0.25, 0.3) is 0 Å². The largest absolute Gasteiger partial charge is 0.469 e. The van der Waals surface area contributed by atoms with Crippen LogP contribution in [0, 0.1) is 11.8 Å². The fourth-order valence-electron chi connectivity index (χ4n) is 3.87. The number of hydrogen-bond acceptors (Lipinski definition) is 3. The van der Waals surface area contributed by atoms with Gasteiger partial charge in [0, 0.05) is 6.42 Å². The molecule has 0 amide bonds. The predicted molar refractivity (Wildman–Crippen MR) is 100 cm³/mol. The molecule has 0 N–H and O–H groups in total. The lowest BCUT2D eigenvalue weighted by Gasteiger charge is -2.15. The fraction of sp³-hybridized carbons (Fsp3) is 0.952. The van der Waals surface area contributed by atoms with E-state index in [-0.39, 0.29) is 5.97 Å². The lowest BCUT2D eigenvalue weighted by Crippen LogP contribution is -2.16. The molecule has 0 aromatic heterocycles. The van der Waals surface area contributed by atoms with E-state index >= 15 is 0 Å². The van der Waals surface area contributed by atoms with E-state index in [0.29, 0.717) is 18.6 Å². The van der Waals surface area contributed by atoms with Gasteiger partial charge in [-0.2, -0.15) is 0 Å².